The standard InChI is InChI=1S/C12H20N4O2.ClH/c1-13-11(9-6-14-16(2)7-9)12(17)15-10-4-3-5-18-8-10;/h6-7,10-11,13H,3-5,8H2,1-2H3,(H,15,17);1H. The monoisotopic (exact) mass is 288 g/mol. The van der Waals surface area contributed by atoms with Crippen LogP contribution in [0.2, 0.25) is 0 Å². The number of carbonyl (C=O) groups excluding carboxylic acids is 1. The SMILES string of the molecule is CNC(C(=O)NC1CCCOC1)c1cnn(C)c1.Cl. The van der Waals surface area contributed by atoms with Crippen LogP contribution >= 0.6 is 12.4 Å². The number of ether oxygens (including phenoxy) is 1. The predicted molar refractivity (Wildman–Crippen MR) is 74.2 cm³/mol. The van der Waals surface area contributed by atoms with Crippen LogP contribution in [0, 0.1) is 0 Å². The number of halogens is 1. The van der Waals surface area contributed by atoms with Crippen LogP contribution in [0.3, 0.4) is 0 Å². The molecule has 0 saturated carbocycles. The number of aromatic nitrogens is 2. The minimum absolute atomic E-state index is 0. The van der Waals surface area contributed by atoms with Gasteiger partial charge in [0.15, 0.2) is 0 Å². The molecule has 6 nitrogen and oxygen atoms in total. The Labute approximate surface area is 119 Å². The molecule has 2 atom stereocenters. The molecule has 1 aromatic rings. The van der Waals surface area contributed by atoms with E-state index in [9.17, 15) is 4.79 Å². The molecule has 19 heavy (non-hydrogen) atoms. The molecule has 2 unspecified atom stereocenters. The molecule has 0 radical (unpaired) electrons. The van der Waals surface area contributed by atoms with Crippen LogP contribution < -0.4 is 10.6 Å². The zero-order valence-corrected chi connectivity index (χ0v) is 12.1. The average Bonchev–Trinajstić information content (AvgIpc) is 2.78. The maximum absolute atomic E-state index is 12.2. The number of hydrogen-bond donors (Lipinski definition) is 2. The maximum Gasteiger partial charge on any atom is 0.242 e. The molecule has 0 bridgehead atoms. The lowest BCUT2D eigenvalue weighted by molar-refractivity contribution is -0.124. The van der Waals surface area contributed by atoms with Crippen LogP contribution in [0.5, 0.6) is 0 Å². The lowest BCUT2D eigenvalue weighted by Gasteiger charge is -2.25. The van der Waals surface area contributed by atoms with Gasteiger partial charge in [-0.3, -0.25) is 9.48 Å². The first-order valence-electron chi connectivity index (χ1n) is 6.24. The normalized spacial score (nSPS) is 20.4. The lowest BCUT2D eigenvalue weighted by Crippen LogP contribution is -2.45. The summed E-state index contributed by atoms with van der Waals surface area (Å²) < 4.78 is 7.05. The van der Waals surface area contributed by atoms with E-state index in [0.717, 1.165) is 25.0 Å². The van der Waals surface area contributed by atoms with Crippen LogP contribution in [0.1, 0.15) is 24.4 Å². The Morgan fingerprint density at radius 2 is 2.42 bits per heavy atom. The summed E-state index contributed by atoms with van der Waals surface area (Å²) in [6.45, 7) is 1.40. The molecule has 1 aromatic heterocycles. The summed E-state index contributed by atoms with van der Waals surface area (Å²) in [7, 11) is 3.61. The van der Waals surface area contributed by atoms with E-state index in [1.807, 2.05) is 13.2 Å². The molecule has 2 heterocycles. The van der Waals surface area contributed by atoms with E-state index in [1.165, 1.54) is 0 Å². The average molecular weight is 289 g/mol. The minimum atomic E-state index is -0.361. The number of hydrogen-bond acceptors (Lipinski definition) is 4. The van der Waals surface area contributed by atoms with Crippen molar-refractivity contribution in [2.45, 2.75) is 24.9 Å². The Hall–Kier alpha value is -1.11. The van der Waals surface area contributed by atoms with E-state index in [-0.39, 0.29) is 30.4 Å². The van der Waals surface area contributed by atoms with Crippen molar-refractivity contribution in [3.8, 4) is 0 Å². The van der Waals surface area contributed by atoms with Gasteiger partial charge in [-0.25, -0.2) is 0 Å². The number of amides is 1. The number of carbonyl (C=O) groups is 1. The molecule has 1 aliphatic heterocycles. The highest BCUT2D eigenvalue weighted by molar-refractivity contribution is 5.85. The van der Waals surface area contributed by atoms with Gasteiger partial charge in [0, 0.05) is 25.4 Å². The third-order valence-electron chi connectivity index (χ3n) is 3.12. The Morgan fingerprint density at radius 1 is 1.63 bits per heavy atom. The highest BCUT2D eigenvalue weighted by Gasteiger charge is 2.23. The van der Waals surface area contributed by atoms with Crippen molar-refractivity contribution < 1.29 is 9.53 Å². The largest absolute Gasteiger partial charge is 0.379 e. The number of nitrogens with zero attached hydrogens (tertiary/aromatic N) is 2. The van der Waals surface area contributed by atoms with E-state index in [0.29, 0.717) is 6.61 Å². The summed E-state index contributed by atoms with van der Waals surface area (Å²) in [6.07, 6.45) is 5.54. The van der Waals surface area contributed by atoms with Gasteiger partial charge in [-0.2, -0.15) is 5.10 Å². The van der Waals surface area contributed by atoms with Gasteiger partial charge in [-0.15, -0.1) is 12.4 Å². The topological polar surface area (TPSA) is 68.2 Å². The van der Waals surface area contributed by atoms with Gasteiger partial charge in [0.25, 0.3) is 0 Å². The van der Waals surface area contributed by atoms with Crippen molar-refractivity contribution in [1.29, 1.82) is 0 Å². The zero-order valence-electron chi connectivity index (χ0n) is 11.3. The maximum atomic E-state index is 12.2. The number of rotatable bonds is 4. The van der Waals surface area contributed by atoms with Crippen LogP contribution in [0.25, 0.3) is 0 Å². The number of aryl methyl sites for hydroxylation is 1. The summed E-state index contributed by atoms with van der Waals surface area (Å²) in [4.78, 5) is 12.2. The summed E-state index contributed by atoms with van der Waals surface area (Å²) in [5.74, 6) is -0.0269. The molecule has 108 valence electrons. The lowest BCUT2D eigenvalue weighted by atomic mass is 10.1. The first-order valence-corrected chi connectivity index (χ1v) is 6.24. The first kappa shape index (κ1) is 15.9. The molecule has 2 rings (SSSR count). The van der Waals surface area contributed by atoms with Crippen LogP contribution in [-0.2, 0) is 16.6 Å². The molecule has 2 N–H and O–H groups in total. The highest BCUT2D eigenvalue weighted by Crippen LogP contribution is 2.13. The molecule has 1 saturated heterocycles. The third-order valence-corrected chi connectivity index (χ3v) is 3.12. The van der Waals surface area contributed by atoms with Crippen molar-refractivity contribution in [2.75, 3.05) is 20.3 Å². The van der Waals surface area contributed by atoms with Crippen molar-refractivity contribution in [3.05, 3.63) is 18.0 Å². The van der Waals surface area contributed by atoms with Gasteiger partial charge in [-0.1, -0.05) is 0 Å². The fourth-order valence-electron chi connectivity index (χ4n) is 2.18. The van der Waals surface area contributed by atoms with Gasteiger partial charge in [0.1, 0.15) is 6.04 Å². The summed E-state index contributed by atoms with van der Waals surface area (Å²) in [5.41, 5.74) is 0.870. The summed E-state index contributed by atoms with van der Waals surface area (Å²) >= 11 is 0. The predicted octanol–water partition coefficient (Wildman–Crippen LogP) is 0.398. The van der Waals surface area contributed by atoms with Crippen LogP contribution in [0.15, 0.2) is 12.4 Å². The van der Waals surface area contributed by atoms with Gasteiger partial charge in [0.2, 0.25) is 5.91 Å². The first-order chi connectivity index (χ1) is 8.70. The smallest absolute Gasteiger partial charge is 0.242 e. The minimum Gasteiger partial charge on any atom is -0.379 e. The van der Waals surface area contributed by atoms with Crippen LogP contribution in [0.4, 0.5) is 0 Å². The van der Waals surface area contributed by atoms with Crippen molar-refractivity contribution >= 4 is 18.3 Å². The zero-order chi connectivity index (χ0) is 13.0. The highest BCUT2D eigenvalue weighted by atomic mass is 35.5. The molecular formula is C12H21ClN4O2. The quantitative estimate of drug-likeness (QED) is 0.841. The van der Waals surface area contributed by atoms with Crippen molar-refractivity contribution in [3.63, 3.8) is 0 Å². The molecule has 1 aliphatic rings. The Morgan fingerprint density at radius 3 is 2.95 bits per heavy atom. The fraction of sp³-hybridized carbons (Fsp3) is 0.667. The van der Waals surface area contributed by atoms with Gasteiger partial charge in [-0.05, 0) is 19.9 Å². The van der Waals surface area contributed by atoms with E-state index < -0.39 is 0 Å². The summed E-state index contributed by atoms with van der Waals surface area (Å²) in [6, 6.07) is -0.237. The van der Waals surface area contributed by atoms with E-state index in [4.69, 9.17) is 4.74 Å². The molecule has 0 aliphatic carbocycles. The fourth-order valence-corrected chi connectivity index (χ4v) is 2.18. The Bertz CT molecular complexity index is 404. The van der Waals surface area contributed by atoms with Gasteiger partial charge < -0.3 is 15.4 Å². The van der Waals surface area contributed by atoms with Gasteiger partial charge >= 0.3 is 0 Å². The van der Waals surface area contributed by atoms with Crippen molar-refractivity contribution in [1.82, 2.24) is 20.4 Å². The molecule has 7 heteroatoms. The molecule has 0 spiro atoms. The molecule has 0 aromatic carbocycles. The van der Waals surface area contributed by atoms with E-state index in [2.05, 4.69) is 15.7 Å². The van der Waals surface area contributed by atoms with E-state index in [1.54, 1.807) is 17.9 Å². The molecule has 1 fully saturated rings. The third kappa shape index (κ3) is 4.19. The Balaban J connectivity index is 0.00000180. The van der Waals surface area contributed by atoms with E-state index >= 15 is 0 Å². The molecule has 1 amide bonds. The van der Waals surface area contributed by atoms with Crippen LogP contribution in [-0.4, -0.2) is 42.0 Å². The van der Waals surface area contributed by atoms with Crippen molar-refractivity contribution in [2.24, 2.45) is 7.05 Å². The summed E-state index contributed by atoms with van der Waals surface area (Å²) in [5, 5.41) is 10.1. The number of nitrogens with one attached hydrogen (secondary N) is 2. The number of likely N-dealkylation sites (N-methyl/N-ethyl adjacent to an activating group) is 1. The van der Waals surface area contributed by atoms with Gasteiger partial charge in [0.05, 0.1) is 18.8 Å². The Kier molecular flexibility index (Phi) is 6.27. The second-order valence-corrected chi connectivity index (χ2v) is 4.59. The second kappa shape index (κ2) is 7.47. The second-order valence-electron chi connectivity index (χ2n) is 4.59. The molecular weight excluding hydrogens is 268 g/mol.